The van der Waals surface area contributed by atoms with E-state index >= 15 is 0 Å². The van der Waals surface area contributed by atoms with Gasteiger partial charge in [0.05, 0.1) is 17.9 Å². The van der Waals surface area contributed by atoms with Crippen LogP contribution in [-0.4, -0.2) is 9.59 Å². The Morgan fingerprint density at radius 2 is 2.20 bits per heavy atom. The van der Waals surface area contributed by atoms with Crippen LogP contribution in [0.25, 0.3) is 0 Å². The molecule has 78 valence electrons. The molecule has 0 aliphatic heterocycles. The van der Waals surface area contributed by atoms with Crippen LogP contribution in [0.15, 0.2) is 23.6 Å². The van der Waals surface area contributed by atoms with Crippen LogP contribution in [0.3, 0.4) is 0 Å². The Hall–Kier alpha value is -1.56. The number of halogens is 2. The van der Waals surface area contributed by atoms with Crippen molar-refractivity contribution in [3.05, 3.63) is 40.9 Å². The number of hydrogen-bond donors (Lipinski definition) is 1. The summed E-state index contributed by atoms with van der Waals surface area (Å²) >= 11 is 1.23. The Morgan fingerprint density at radius 1 is 1.33 bits per heavy atom. The summed E-state index contributed by atoms with van der Waals surface area (Å²) in [5.74, 6) is -1.20. The van der Waals surface area contributed by atoms with Crippen molar-refractivity contribution in [2.45, 2.75) is 6.54 Å². The van der Waals surface area contributed by atoms with Gasteiger partial charge < -0.3 is 5.32 Å². The molecule has 0 fully saturated rings. The van der Waals surface area contributed by atoms with Gasteiger partial charge in [-0.2, -0.15) is 0 Å². The third kappa shape index (κ3) is 2.47. The van der Waals surface area contributed by atoms with Crippen molar-refractivity contribution in [2.75, 3.05) is 5.32 Å². The second-order valence-corrected chi connectivity index (χ2v) is 3.48. The number of benzene rings is 1. The third-order valence-corrected chi connectivity index (χ3v) is 2.35. The minimum Gasteiger partial charge on any atom is -0.377 e. The smallest absolute Gasteiger partial charge is 0.149 e. The maximum absolute atomic E-state index is 13.1. The SMILES string of the molecule is Fc1ccc(NCc2csnn2)c(F)c1. The third-order valence-electron chi connectivity index (χ3n) is 1.80. The Bertz CT molecular complexity index is 445. The van der Waals surface area contributed by atoms with Crippen LogP contribution in [0.1, 0.15) is 5.69 Å². The predicted octanol–water partition coefficient (Wildman–Crippen LogP) is 2.43. The van der Waals surface area contributed by atoms with E-state index in [4.69, 9.17) is 0 Å². The first-order valence-corrected chi connectivity index (χ1v) is 5.04. The molecule has 2 aromatic rings. The molecule has 1 aromatic carbocycles. The van der Waals surface area contributed by atoms with Crippen molar-refractivity contribution in [1.29, 1.82) is 0 Å². The quantitative estimate of drug-likeness (QED) is 0.875. The van der Waals surface area contributed by atoms with Crippen molar-refractivity contribution in [2.24, 2.45) is 0 Å². The topological polar surface area (TPSA) is 37.8 Å². The van der Waals surface area contributed by atoms with Gasteiger partial charge in [0, 0.05) is 11.4 Å². The number of rotatable bonds is 3. The molecule has 0 atom stereocenters. The number of anilines is 1. The van der Waals surface area contributed by atoms with Crippen LogP contribution in [0.4, 0.5) is 14.5 Å². The molecule has 6 heteroatoms. The molecule has 0 spiro atoms. The van der Waals surface area contributed by atoms with Crippen LogP contribution >= 0.6 is 11.5 Å². The van der Waals surface area contributed by atoms with Crippen LogP contribution in [0.5, 0.6) is 0 Å². The van der Waals surface area contributed by atoms with Crippen LogP contribution in [-0.2, 0) is 6.54 Å². The fourth-order valence-electron chi connectivity index (χ4n) is 1.08. The highest BCUT2D eigenvalue weighted by Gasteiger charge is 2.03. The predicted molar refractivity (Wildman–Crippen MR) is 53.6 cm³/mol. The molecule has 0 saturated heterocycles. The van der Waals surface area contributed by atoms with Gasteiger partial charge in [-0.3, -0.25) is 0 Å². The summed E-state index contributed by atoms with van der Waals surface area (Å²) < 4.78 is 29.4. The zero-order valence-electron chi connectivity index (χ0n) is 7.58. The summed E-state index contributed by atoms with van der Waals surface area (Å²) in [5, 5.41) is 8.35. The van der Waals surface area contributed by atoms with Crippen molar-refractivity contribution in [3.8, 4) is 0 Å². The first-order chi connectivity index (χ1) is 7.25. The van der Waals surface area contributed by atoms with E-state index < -0.39 is 11.6 Å². The van der Waals surface area contributed by atoms with Gasteiger partial charge in [-0.05, 0) is 23.7 Å². The van der Waals surface area contributed by atoms with E-state index in [-0.39, 0.29) is 5.69 Å². The summed E-state index contributed by atoms with van der Waals surface area (Å²) in [6.07, 6.45) is 0. The molecule has 0 amide bonds. The van der Waals surface area contributed by atoms with E-state index in [0.29, 0.717) is 6.54 Å². The van der Waals surface area contributed by atoms with Gasteiger partial charge in [0.25, 0.3) is 0 Å². The molecule has 0 radical (unpaired) electrons. The molecule has 0 aliphatic carbocycles. The van der Waals surface area contributed by atoms with Crippen molar-refractivity contribution >= 4 is 17.2 Å². The van der Waals surface area contributed by atoms with E-state index in [1.807, 2.05) is 0 Å². The zero-order valence-corrected chi connectivity index (χ0v) is 8.39. The summed E-state index contributed by atoms with van der Waals surface area (Å²) in [4.78, 5) is 0. The largest absolute Gasteiger partial charge is 0.377 e. The Labute approximate surface area is 88.9 Å². The molecule has 15 heavy (non-hydrogen) atoms. The van der Waals surface area contributed by atoms with E-state index in [2.05, 4.69) is 14.9 Å². The number of nitrogens with zero attached hydrogens (tertiary/aromatic N) is 2. The molecular weight excluding hydrogens is 220 g/mol. The van der Waals surface area contributed by atoms with Gasteiger partial charge in [0.2, 0.25) is 0 Å². The van der Waals surface area contributed by atoms with Gasteiger partial charge >= 0.3 is 0 Å². The van der Waals surface area contributed by atoms with Crippen LogP contribution in [0, 0.1) is 11.6 Å². The Balaban J connectivity index is 2.05. The molecule has 1 aromatic heterocycles. The average molecular weight is 227 g/mol. The van der Waals surface area contributed by atoms with Gasteiger partial charge in [-0.25, -0.2) is 8.78 Å². The molecule has 2 rings (SSSR count). The van der Waals surface area contributed by atoms with E-state index in [1.165, 1.54) is 23.7 Å². The highest BCUT2D eigenvalue weighted by Crippen LogP contribution is 2.15. The van der Waals surface area contributed by atoms with Crippen LogP contribution in [0.2, 0.25) is 0 Å². The Kier molecular flexibility index (Phi) is 2.86. The summed E-state index contributed by atoms with van der Waals surface area (Å²) in [7, 11) is 0. The lowest BCUT2D eigenvalue weighted by atomic mass is 10.3. The monoisotopic (exact) mass is 227 g/mol. The van der Waals surface area contributed by atoms with E-state index in [9.17, 15) is 8.78 Å². The fourth-order valence-corrected chi connectivity index (χ4v) is 1.53. The minimum absolute atomic E-state index is 0.254. The maximum atomic E-state index is 13.1. The number of nitrogens with one attached hydrogen (secondary N) is 1. The Morgan fingerprint density at radius 3 is 2.87 bits per heavy atom. The summed E-state index contributed by atoms with van der Waals surface area (Å²) in [5.41, 5.74) is 0.980. The highest BCUT2D eigenvalue weighted by molar-refractivity contribution is 7.03. The van der Waals surface area contributed by atoms with E-state index in [1.54, 1.807) is 5.38 Å². The van der Waals surface area contributed by atoms with Crippen molar-refractivity contribution in [3.63, 3.8) is 0 Å². The lowest BCUT2D eigenvalue weighted by Crippen LogP contribution is -2.02. The van der Waals surface area contributed by atoms with Gasteiger partial charge in [-0.1, -0.05) is 4.49 Å². The summed E-state index contributed by atoms with van der Waals surface area (Å²) in [6.45, 7) is 0.374. The first kappa shape index (κ1) is 9.97. The average Bonchev–Trinajstić information content (AvgIpc) is 2.69. The standard InChI is InChI=1S/C9H7F2N3S/c10-6-1-2-9(8(11)3-6)12-4-7-5-15-14-13-7/h1-3,5,12H,4H2. The molecule has 0 bridgehead atoms. The molecule has 0 saturated carbocycles. The fraction of sp³-hybridized carbons (Fsp3) is 0.111. The minimum atomic E-state index is -0.613. The molecule has 1 heterocycles. The molecular formula is C9H7F2N3S. The van der Waals surface area contributed by atoms with Crippen molar-refractivity contribution < 1.29 is 8.78 Å². The van der Waals surface area contributed by atoms with Crippen molar-refractivity contribution in [1.82, 2.24) is 9.59 Å². The lowest BCUT2D eigenvalue weighted by molar-refractivity contribution is 0.585. The first-order valence-electron chi connectivity index (χ1n) is 4.20. The second kappa shape index (κ2) is 4.31. The second-order valence-electron chi connectivity index (χ2n) is 2.87. The lowest BCUT2D eigenvalue weighted by Gasteiger charge is -2.04. The van der Waals surface area contributed by atoms with Gasteiger partial charge in [0.1, 0.15) is 11.6 Å². The van der Waals surface area contributed by atoms with E-state index in [0.717, 1.165) is 11.8 Å². The molecule has 0 unspecified atom stereocenters. The summed E-state index contributed by atoms with van der Waals surface area (Å²) in [6, 6.07) is 3.39. The number of aromatic nitrogens is 2. The molecule has 3 nitrogen and oxygen atoms in total. The van der Waals surface area contributed by atoms with Gasteiger partial charge in [-0.15, -0.1) is 5.10 Å². The normalized spacial score (nSPS) is 10.3. The highest BCUT2D eigenvalue weighted by atomic mass is 32.1. The molecule has 1 N–H and O–H groups in total. The van der Waals surface area contributed by atoms with Gasteiger partial charge in [0.15, 0.2) is 0 Å². The zero-order chi connectivity index (χ0) is 10.7. The maximum Gasteiger partial charge on any atom is 0.149 e. The van der Waals surface area contributed by atoms with Crippen LogP contribution < -0.4 is 5.32 Å². The number of hydrogen-bond acceptors (Lipinski definition) is 4. The molecule has 0 aliphatic rings.